The number of hydrogen-bond acceptors (Lipinski definition) is 9. The van der Waals surface area contributed by atoms with Gasteiger partial charge in [0.1, 0.15) is 11.6 Å². The van der Waals surface area contributed by atoms with Crippen molar-refractivity contribution in [3.63, 3.8) is 0 Å². The van der Waals surface area contributed by atoms with Gasteiger partial charge in [-0.15, -0.1) is 0 Å². The molecule has 0 bridgehead atoms. The lowest BCUT2D eigenvalue weighted by molar-refractivity contribution is -0.145. The van der Waals surface area contributed by atoms with E-state index in [1.807, 2.05) is 34.1 Å². The van der Waals surface area contributed by atoms with E-state index in [0.717, 1.165) is 57.9 Å². The Morgan fingerprint density at radius 1 is 1.00 bits per heavy atom. The Balaban J connectivity index is 0.000000402. The molecule has 3 N–H and O–H groups in total. The number of urea groups is 1. The molecule has 11 nitrogen and oxygen atoms in total. The molecule has 4 rings (SSSR count). The number of carbonyl (C=O) groups excluding carboxylic acids is 2. The Labute approximate surface area is 280 Å². The van der Waals surface area contributed by atoms with Gasteiger partial charge in [0.25, 0.3) is 0 Å². The van der Waals surface area contributed by atoms with E-state index in [1.165, 1.54) is 12.7 Å². The summed E-state index contributed by atoms with van der Waals surface area (Å²) in [5, 5.41) is 17.3. The Morgan fingerprint density at radius 3 is 2.21 bits per heavy atom. The number of methoxy groups -OCH3 is 1. The number of alkyl halides is 3. The lowest BCUT2D eigenvalue weighted by Crippen LogP contribution is -2.40. The third-order valence-corrected chi connectivity index (χ3v) is 8.27. The molecule has 48 heavy (non-hydrogen) atoms. The number of halogens is 3. The number of aromatic nitrogens is 2. The number of benzene rings is 1. The molecule has 0 unspecified atom stereocenters. The predicted molar refractivity (Wildman–Crippen MR) is 178 cm³/mol. The van der Waals surface area contributed by atoms with Gasteiger partial charge in [-0.3, -0.25) is 4.79 Å². The number of rotatable bonds is 15. The highest BCUT2D eigenvalue weighted by atomic mass is 19.4. The highest BCUT2D eigenvalue weighted by Gasteiger charge is 2.37. The van der Waals surface area contributed by atoms with Crippen LogP contribution in [0.25, 0.3) is 0 Å². The molecule has 2 aromatic rings. The second-order valence-electron chi connectivity index (χ2n) is 11.8. The number of nitrogens with one attached hydrogen (secondary N) is 3. The molecule has 262 valence electrons. The molecule has 14 heteroatoms. The minimum Gasteiger partial charge on any atom is -0.469 e. The van der Waals surface area contributed by atoms with Gasteiger partial charge in [-0.05, 0) is 74.8 Å². The zero-order valence-electron chi connectivity index (χ0n) is 27.7. The Morgan fingerprint density at radius 2 is 1.65 bits per heavy atom. The molecule has 0 aliphatic carbocycles. The van der Waals surface area contributed by atoms with E-state index < -0.39 is 12.0 Å². The summed E-state index contributed by atoms with van der Waals surface area (Å²) < 4.78 is 44.6. The number of nitrogens with zero attached hydrogens (tertiary/aromatic N) is 5. The van der Waals surface area contributed by atoms with Crippen molar-refractivity contribution in [1.29, 1.82) is 5.26 Å². The van der Waals surface area contributed by atoms with E-state index in [1.54, 1.807) is 12.3 Å². The molecule has 0 atom stereocenters. The van der Waals surface area contributed by atoms with E-state index in [2.05, 4.69) is 43.3 Å². The number of unbranched alkanes of at least 4 members (excludes halogenated alkanes) is 2. The summed E-state index contributed by atoms with van der Waals surface area (Å²) in [7, 11) is 1.37. The molecule has 2 aliphatic heterocycles. The van der Waals surface area contributed by atoms with Crippen LogP contribution in [0.5, 0.6) is 0 Å². The first-order valence-electron chi connectivity index (χ1n) is 16.5. The second kappa shape index (κ2) is 20.0. The highest BCUT2D eigenvalue weighted by molar-refractivity contribution is 5.73. The van der Waals surface area contributed by atoms with Crippen LogP contribution in [0.3, 0.4) is 0 Å². The molecular weight excluding hydrogens is 625 g/mol. The van der Waals surface area contributed by atoms with Gasteiger partial charge in [-0.1, -0.05) is 25.1 Å². The van der Waals surface area contributed by atoms with Crippen LogP contribution in [0, 0.1) is 17.2 Å². The van der Waals surface area contributed by atoms with Crippen LogP contribution in [-0.2, 0) is 22.1 Å². The first-order valence-corrected chi connectivity index (χ1v) is 16.5. The molecule has 0 spiro atoms. The van der Waals surface area contributed by atoms with Crippen LogP contribution >= 0.6 is 0 Å². The quantitative estimate of drug-likeness (QED) is 0.173. The molecular formula is C34H47F3N8O3. The summed E-state index contributed by atoms with van der Waals surface area (Å²) in [5.74, 6) is -0.242. The minimum absolute atomic E-state index is 0.213. The number of anilines is 2. The maximum Gasteiger partial charge on any atom is 0.451 e. The zero-order chi connectivity index (χ0) is 34.8. The van der Waals surface area contributed by atoms with Gasteiger partial charge in [-0.2, -0.15) is 18.4 Å². The van der Waals surface area contributed by atoms with Crippen LogP contribution in [0.1, 0.15) is 68.3 Å². The monoisotopic (exact) mass is 672 g/mol. The molecule has 2 saturated heterocycles. The number of hydrogen-bond donors (Lipinski definition) is 3. The Hall–Kier alpha value is -4.54. The average Bonchev–Trinajstić information content (AvgIpc) is 3.06. The minimum atomic E-state index is -4.58. The van der Waals surface area contributed by atoms with Gasteiger partial charge in [0, 0.05) is 58.3 Å². The van der Waals surface area contributed by atoms with Crippen molar-refractivity contribution >= 4 is 23.6 Å². The predicted octanol–water partition coefficient (Wildman–Crippen LogP) is 5.18. The van der Waals surface area contributed by atoms with Crippen molar-refractivity contribution in [2.45, 2.75) is 64.0 Å². The second-order valence-corrected chi connectivity index (χ2v) is 11.8. The smallest absolute Gasteiger partial charge is 0.451 e. The van der Waals surface area contributed by atoms with Crippen LogP contribution in [0.2, 0.25) is 0 Å². The molecule has 1 aromatic heterocycles. The van der Waals surface area contributed by atoms with Crippen molar-refractivity contribution in [3.05, 3.63) is 60.1 Å². The number of nitriles is 1. The lowest BCUT2D eigenvalue weighted by Gasteiger charge is -2.35. The van der Waals surface area contributed by atoms with E-state index in [4.69, 9.17) is 5.26 Å². The topological polar surface area (TPSA) is 136 Å². The average molecular weight is 673 g/mol. The van der Waals surface area contributed by atoms with Crippen molar-refractivity contribution in [2.75, 3.05) is 62.7 Å². The van der Waals surface area contributed by atoms with Crippen LogP contribution in [0.15, 0.2) is 43.1 Å². The summed E-state index contributed by atoms with van der Waals surface area (Å²) in [6, 6.07) is 11.2. The van der Waals surface area contributed by atoms with Crippen molar-refractivity contribution in [3.8, 4) is 6.07 Å². The highest BCUT2D eigenvalue weighted by Crippen LogP contribution is 2.33. The molecule has 2 fully saturated rings. The molecule has 0 saturated carbocycles. The molecule has 2 aliphatic rings. The fourth-order valence-corrected chi connectivity index (χ4v) is 5.26. The number of piperidine rings is 1. The number of amides is 2. The first-order chi connectivity index (χ1) is 23.1. The zero-order valence-corrected chi connectivity index (χ0v) is 27.7. The third kappa shape index (κ3) is 13.3. The third-order valence-electron chi connectivity index (χ3n) is 8.27. The number of ether oxygens (including phenoxy) is 1. The largest absolute Gasteiger partial charge is 0.469 e. The fraction of sp³-hybridized carbons (Fsp3) is 0.559. The van der Waals surface area contributed by atoms with Crippen LogP contribution in [-0.4, -0.2) is 74.9 Å². The van der Waals surface area contributed by atoms with Gasteiger partial charge in [0.2, 0.25) is 5.82 Å². The van der Waals surface area contributed by atoms with E-state index in [9.17, 15) is 22.8 Å². The summed E-state index contributed by atoms with van der Waals surface area (Å²) in [4.78, 5) is 34.3. The maximum atomic E-state index is 13.3. The van der Waals surface area contributed by atoms with Gasteiger partial charge in [0.05, 0.1) is 18.7 Å². The maximum absolute atomic E-state index is 13.3. The van der Waals surface area contributed by atoms with Gasteiger partial charge in [0.15, 0.2) is 0 Å². The van der Waals surface area contributed by atoms with Crippen molar-refractivity contribution in [2.24, 2.45) is 5.92 Å². The summed E-state index contributed by atoms with van der Waals surface area (Å²) in [6.45, 7) is 8.21. The Bertz CT molecular complexity index is 1340. The number of esters is 1. The van der Waals surface area contributed by atoms with Crippen LogP contribution < -0.4 is 25.8 Å². The normalized spacial score (nSPS) is 14.5. The van der Waals surface area contributed by atoms with E-state index in [-0.39, 0.29) is 12.0 Å². The molecule has 3 heterocycles. The molecule has 0 radical (unpaired) electrons. The fourth-order valence-electron chi connectivity index (χ4n) is 5.26. The van der Waals surface area contributed by atoms with Gasteiger partial charge < -0.3 is 30.5 Å². The molecule has 1 aromatic carbocycles. The lowest BCUT2D eigenvalue weighted by atomic mass is 9.93. The van der Waals surface area contributed by atoms with Gasteiger partial charge >= 0.3 is 18.2 Å². The van der Waals surface area contributed by atoms with Gasteiger partial charge in [-0.25, -0.2) is 14.8 Å². The van der Waals surface area contributed by atoms with E-state index >= 15 is 0 Å². The summed E-state index contributed by atoms with van der Waals surface area (Å²) in [5.41, 5.74) is 1.94. The van der Waals surface area contributed by atoms with Crippen molar-refractivity contribution < 1.29 is 27.5 Å². The Kier molecular flexibility index (Phi) is 15.8. The summed E-state index contributed by atoms with van der Waals surface area (Å²) in [6.07, 6.45) is 4.24. The molecule has 2 amide bonds. The summed E-state index contributed by atoms with van der Waals surface area (Å²) >= 11 is 0. The van der Waals surface area contributed by atoms with Crippen LogP contribution in [0.4, 0.5) is 29.6 Å². The first kappa shape index (κ1) is 37.9. The SMILES string of the molecule is C=CNCCc1ccc(C#N)cc1.COC(=O)CCCCCNC(=O)NCCC1CCN(c2cc(N3CCC3)nc(C(F)(F)F)n2)CC1. The number of carbonyl (C=O) groups is 2. The van der Waals surface area contributed by atoms with E-state index in [0.29, 0.717) is 68.8 Å². The van der Waals surface area contributed by atoms with Crippen molar-refractivity contribution in [1.82, 2.24) is 25.9 Å². The standard InChI is InChI=1S/C23H35F3N6O3.C11H12N2/c1-35-20(33)6-3-2-4-10-27-22(34)28-11-7-17-8-14-32(15-9-17)19-16-18(31-12-5-13-31)29-21(30-19)23(24,25)26;1-2-13-8-7-10-3-5-11(9-12)6-4-10/h16-17H,2-15H2,1H3,(H2,27,28,34);2-6,13H,1,7-8H2.